The van der Waals surface area contributed by atoms with E-state index in [1.807, 2.05) is 4.90 Å². The van der Waals surface area contributed by atoms with Gasteiger partial charge in [0, 0.05) is 25.6 Å². The summed E-state index contributed by atoms with van der Waals surface area (Å²) in [5, 5.41) is 2.77. The standard InChI is InChI=1S/C22H27FN2O3/c23-18-12-10-17(11-13-18)16-25(19-6-2-1-3-7-19)21(26)9-4-14-24-22(27)20-8-5-15-28-20/h5,8,10-13,15,19H,1-4,6-7,9,14,16H2,(H,24,27). The number of hydrogen-bond acceptors (Lipinski definition) is 3. The van der Waals surface area contributed by atoms with Gasteiger partial charge in [0.2, 0.25) is 5.91 Å². The Balaban J connectivity index is 1.53. The van der Waals surface area contributed by atoms with E-state index in [0.717, 1.165) is 31.2 Å². The molecule has 5 nitrogen and oxygen atoms in total. The van der Waals surface area contributed by atoms with Crippen molar-refractivity contribution in [2.45, 2.75) is 57.5 Å². The van der Waals surface area contributed by atoms with Crippen LogP contribution in [0.5, 0.6) is 0 Å². The third-order valence-electron chi connectivity index (χ3n) is 5.20. The van der Waals surface area contributed by atoms with Gasteiger partial charge >= 0.3 is 0 Å². The molecule has 1 N–H and O–H groups in total. The molecule has 0 radical (unpaired) electrons. The van der Waals surface area contributed by atoms with Gasteiger partial charge in [0.25, 0.3) is 5.91 Å². The maximum Gasteiger partial charge on any atom is 0.286 e. The summed E-state index contributed by atoms with van der Waals surface area (Å²) >= 11 is 0. The Hall–Kier alpha value is -2.63. The lowest BCUT2D eigenvalue weighted by molar-refractivity contribution is -0.135. The number of rotatable bonds is 8. The van der Waals surface area contributed by atoms with Crippen molar-refractivity contribution in [3.63, 3.8) is 0 Å². The van der Waals surface area contributed by atoms with Crippen LogP contribution in [0.15, 0.2) is 47.1 Å². The number of nitrogens with zero attached hydrogens (tertiary/aromatic N) is 1. The number of nitrogens with one attached hydrogen (secondary N) is 1. The van der Waals surface area contributed by atoms with Crippen LogP contribution < -0.4 is 5.32 Å². The van der Waals surface area contributed by atoms with E-state index in [1.165, 1.54) is 24.8 Å². The minimum absolute atomic E-state index is 0.0865. The minimum Gasteiger partial charge on any atom is -0.459 e. The van der Waals surface area contributed by atoms with Crippen LogP contribution in [-0.4, -0.2) is 29.3 Å². The van der Waals surface area contributed by atoms with E-state index in [-0.39, 0.29) is 29.4 Å². The van der Waals surface area contributed by atoms with Crippen LogP contribution in [0.25, 0.3) is 0 Å². The average molecular weight is 386 g/mol. The van der Waals surface area contributed by atoms with Gasteiger partial charge in [0.1, 0.15) is 5.82 Å². The summed E-state index contributed by atoms with van der Waals surface area (Å²) < 4.78 is 18.2. The van der Waals surface area contributed by atoms with Crippen molar-refractivity contribution in [3.8, 4) is 0 Å². The molecule has 6 heteroatoms. The molecule has 1 aliphatic rings. The topological polar surface area (TPSA) is 62.6 Å². The smallest absolute Gasteiger partial charge is 0.286 e. The quantitative estimate of drug-likeness (QED) is 0.689. The lowest BCUT2D eigenvalue weighted by atomic mass is 9.93. The molecule has 1 saturated carbocycles. The molecule has 1 aromatic heterocycles. The Kier molecular flexibility index (Phi) is 7.23. The molecule has 2 aromatic rings. The third kappa shape index (κ3) is 5.68. The first-order chi connectivity index (χ1) is 13.6. The molecule has 150 valence electrons. The Morgan fingerprint density at radius 1 is 1.11 bits per heavy atom. The van der Waals surface area contributed by atoms with Crippen molar-refractivity contribution in [3.05, 3.63) is 59.8 Å². The molecule has 1 aliphatic carbocycles. The molecule has 1 fully saturated rings. The number of hydrogen-bond donors (Lipinski definition) is 1. The van der Waals surface area contributed by atoms with E-state index in [1.54, 1.807) is 24.3 Å². The summed E-state index contributed by atoms with van der Waals surface area (Å²) in [6.45, 7) is 0.920. The van der Waals surface area contributed by atoms with Crippen LogP contribution in [0.3, 0.4) is 0 Å². The molecular formula is C22H27FN2O3. The van der Waals surface area contributed by atoms with E-state index < -0.39 is 0 Å². The molecule has 0 saturated heterocycles. The van der Waals surface area contributed by atoms with Crippen LogP contribution in [-0.2, 0) is 11.3 Å². The molecular weight excluding hydrogens is 359 g/mol. The number of amides is 2. The van der Waals surface area contributed by atoms with Crippen LogP contribution >= 0.6 is 0 Å². The van der Waals surface area contributed by atoms with Gasteiger partial charge in [0.15, 0.2) is 5.76 Å². The largest absolute Gasteiger partial charge is 0.459 e. The van der Waals surface area contributed by atoms with Gasteiger partial charge in [-0.25, -0.2) is 4.39 Å². The van der Waals surface area contributed by atoms with Crippen molar-refractivity contribution in [2.24, 2.45) is 0 Å². The van der Waals surface area contributed by atoms with Gasteiger partial charge in [-0.05, 0) is 49.1 Å². The zero-order valence-electron chi connectivity index (χ0n) is 16.0. The SMILES string of the molecule is O=C(NCCCC(=O)N(Cc1ccc(F)cc1)C1CCCCC1)c1ccco1. The molecule has 0 spiro atoms. The first-order valence-electron chi connectivity index (χ1n) is 9.99. The maximum atomic E-state index is 13.2. The highest BCUT2D eigenvalue weighted by atomic mass is 19.1. The molecule has 3 rings (SSSR count). The summed E-state index contributed by atoms with van der Waals surface area (Å²) in [6.07, 6.45) is 7.91. The predicted molar refractivity (Wildman–Crippen MR) is 104 cm³/mol. The van der Waals surface area contributed by atoms with Crippen LogP contribution in [0.1, 0.15) is 61.1 Å². The van der Waals surface area contributed by atoms with Gasteiger partial charge in [-0.15, -0.1) is 0 Å². The summed E-state index contributed by atoms with van der Waals surface area (Å²) in [6, 6.07) is 9.85. The highest BCUT2D eigenvalue weighted by Crippen LogP contribution is 2.25. The molecule has 0 bridgehead atoms. The number of benzene rings is 1. The zero-order chi connectivity index (χ0) is 19.8. The van der Waals surface area contributed by atoms with Crippen LogP contribution in [0.2, 0.25) is 0 Å². The summed E-state index contributed by atoms with van der Waals surface area (Å²) in [5.41, 5.74) is 0.937. The van der Waals surface area contributed by atoms with Crippen molar-refractivity contribution in [1.82, 2.24) is 10.2 Å². The van der Waals surface area contributed by atoms with Crippen molar-refractivity contribution >= 4 is 11.8 Å². The Morgan fingerprint density at radius 2 is 1.86 bits per heavy atom. The molecule has 0 unspecified atom stereocenters. The first-order valence-corrected chi connectivity index (χ1v) is 9.99. The summed E-state index contributed by atoms with van der Waals surface area (Å²) in [7, 11) is 0. The van der Waals surface area contributed by atoms with E-state index in [0.29, 0.717) is 25.9 Å². The molecule has 0 aliphatic heterocycles. The van der Waals surface area contributed by atoms with Crippen LogP contribution in [0, 0.1) is 5.82 Å². The van der Waals surface area contributed by atoms with Gasteiger partial charge in [-0.2, -0.15) is 0 Å². The zero-order valence-corrected chi connectivity index (χ0v) is 16.0. The predicted octanol–water partition coefficient (Wildman–Crippen LogP) is 4.29. The number of carbonyl (C=O) groups is 2. The fraction of sp³-hybridized carbons (Fsp3) is 0.455. The molecule has 1 heterocycles. The second-order valence-corrected chi connectivity index (χ2v) is 7.28. The van der Waals surface area contributed by atoms with Crippen molar-refractivity contribution in [2.75, 3.05) is 6.54 Å². The fourth-order valence-electron chi connectivity index (χ4n) is 3.68. The number of halogens is 1. The molecule has 0 atom stereocenters. The second kappa shape index (κ2) is 10.1. The Labute approximate surface area is 164 Å². The van der Waals surface area contributed by atoms with E-state index >= 15 is 0 Å². The van der Waals surface area contributed by atoms with E-state index in [9.17, 15) is 14.0 Å². The highest BCUT2D eigenvalue weighted by Gasteiger charge is 2.25. The third-order valence-corrected chi connectivity index (χ3v) is 5.20. The Morgan fingerprint density at radius 3 is 2.54 bits per heavy atom. The van der Waals surface area contributed by atoms with E-state index in [2.05, 4.69) is 5.32 Å². The lowest BCUT2D eigenvalue weighted by Gasteiger charge is -2.34. The molecule has 1 aromatic carbocycles. The molecule has 2 amide bonds. The van der Waals surface area contributed by atoms with Crippen molar-refractivity contribution in [1.29, 1.82) is 0 Å². The number of carbonyl (C=O) groups excluding carboxylic acids is 2. The summed E-state index contributed by atoms with van der Waals surface area (Å²) in [5.74, 6) is -0.186. The second-order valence-electron chi connectivity index (χ2n) is 7.28. The normalized spacial score (nSPS) is 14.6. The highest BCUT2D eigenvalue weighted by molar-refractivity contribution is 5.91. The van der Waals surface area contributed by atoms with Crippen LogP contribution in [0.4, 0.5) is 4.39 Å². The molecule has 28 heavy (non-hydrogen) atoms. The van der Waals surface area contributed by atoms with Gasteiger partial charge < -0.3 is 14.6 Å². The maximum absolute atomic E-state index is 13.2. The van der Waals surface area contributed by atoms with Gasteiger partial charge in [-0.1, -0.05) is 31.4 Å². The van der Waals surface area contributed by atoms with Crippen molar-refractivity contribution < 1.29 is 18.4 Å². The average Bonchev–Trinajstić information content (AvgIpc) is 3.26. The van der Waals surface area contributed by atoms with Gasteiger partial charge in [-0.3, -0.25) is 9.59 Å². The first kappa shape index (κ1) is 20.1. The minimum atomic E-state index is -0.272. The van der Waals surface area contributed by atoms with Gasteiger partial charge in [0.05, 0.1) is 6.26 Å². The monoisotopic (exact) mass is 386 g/mol. The lowest BCUT2D eigenvalue weighted by Crippen LogP contribution is -2.41. The fourth-order valence-corrected chi connectivity index (χ4v) is 3.68. The van der Waals surface area contributed by atoms with E-state index in [4.69, 9.17) is 4.42 Å². The Bertz CT molecular complexity index is 753. The number of furan rings is 1. The summed E-state index contributed by atoms with van der Waals surface area (Å²) in [4.78, 5) is 26.7.